The van der Waals surface area contributed by atoms with E-state index in [1.165, 1.54) is 22.3 Å². The Morgan fingerprint density at radius 1 is 0.266 bits per heavy atom. The largest absolute Gasteiger partial charge is 0.456 e. The molecule has 2 aromatic heterocycles. The van der Waals surface area contributed by atoms with Gasteiger partial charge in [-0.05, 0) is 139 Å². The minimum Gasteiger partial charge on any atom is -0.456 e. The van der Waals surface area contributed by atoms with E-state index in [1.54, 1.807) is 10.5 Å². The number of aryl methyl sites for hydroxylation is 1. The number of nitrogens with zero attached hydrogens (tertiary/aromatic N) is 1. The molecule has 94 heavy (non-hydrogen) atoms. The molecule has 0 aliphatic carbocycles. The topological polar surface area (TPSA) is 75.5 Å². The van der Waals surface area contributed by atoms with E-state index in [-0.39, 0.29) is 54.3 Å². The van der Waals surface area contributed by atoms with Gasteiger partial charge in [-0.2, -0.15) is 0 Å². The Balaban J connectivity index is 1.36. The van der Waals surface area contributed by atoms with Gasteiger partial charge in [0.15, 0.2) is 5.43 Å². The van der Waals surface area contributed by atoms with Gasteiger partial charge in [-0.3, -0.25) is 14.0 Å². The first-order valence-electron chi connectivity index (χ1n) is 33.7. The number of hydrogen-bond acceptors (Lipinski definition) is 6. The van der Waals surface area contributed by atoms with E-state index in [0.717, 1.165) is 71.6 Å². The highest BCUT2D eigenvalue weighted by molar-refractivity contribution is 6.42. The van der Waals surface area contributed by atoms with Crippen LogP contribution in [0.3, 0.4) is 0 Å². The Morgan fingerprint density at radius 2 is 0.596 bits per heavy atom. The second-order valence-electron chi connectivity index (χ2n) is 35.1. The van der Waals surface area contributed by atoms with E-state index in [1.807, 2.05) is 31.2 Å². The zero-order valence-electron chi connectivity index (χ0n) is 60.6. The fourth-order valence-electron chi connectivity index (χ4n) is 13.8. The van der Waals surface area contributed by atoms with Gasteiger partial charge in [0.25, 0.3) is 5.56 Å². The van der Waals surface area contributed by atoms with Crippen molar-refractivity contribution in [3.8, 4) is 46.0 Å². The van der Waals surface area contributed by atoms with Crippen LogP contribution in [0.4, 0.5) is 0 Å². The third kappa shape index (κ3) is 11.5. The first-order chi connectivity index (χ1) is 43.4. The summed E-state index contributed by atoms with van der Waals surface area (Å²) < 4.78 is 32.8. The van der Waals surface area contributed by atoms with Crippen molar-refractivity contribution in [2.24, 2.45) is 0 Å². The highest BCUT2D eigenvalue weighted by atomic mass is 16.5. The van der Waals surface area contributed by atoms with Crippen LogP contribution < -0.4 is 29.9 Å². The van der Waals surface area contributed by atoms with Gasteiger partial charge in [-0.15, -0.1) is 0 Å². The normalized spacial score (nSPS) is 13.5. The predicted molar refractivity (Wildman–Crippen MR) is 398 cm³/mol. The van der Waals surface area contributed by atoms with Gasteiger partial charge in [0.2, 0.25) is 0 Å². The highest BCUT2D eigenvalue weighted by Gasteiger charge is 2.34. The zero-order valence-corrected chi connectivity index (χ0v) is 60.6. The van der Waals surface area contributed by atoms with Gasteiger partial charge >= 0.3 is 0 Å². The molecule has 0 atom stereocenters. The van der Waals surface area contributed by atoms with Gasteiger partial charge < -0.3 is 18.9 Å². The Bertz CT molecular complexity index is 5060. The lowest BCUT2D eigenvalue weighted by Crippen LogP contribution is -2.19. The molecule has 0 unspecified atom stereocenters. The molecule has 2 heterocycles. The van der Waals surface area contributed by atoms with Crippen molar-refractivity contribution in [2.45, 2.75) is 216 Å². The van der Waals surface area contributed by atoms with Gasteiger partial charge in [0.05, 0.1) is 16.4 Å². The maximum Gasteiger partial charge on any atom is 0.263 e. The van der Waals surface area contributed by atoms with Gasteiger partial charge in [-0.25, -0.2) is 0 Å². The predicted octanol–water partition coefficient (Wildman–Crippen LogP) is 24.3. The summed E-state index contributed by atoms with van der Waals surface area (Å²) in [4.78, 5) is 31.4. The average Bonchev–Trinajstić information content (AvgIpc) is 0.677. The van der Waals surface area contributed by atoms with Crippen LogP contribution in [-0.2, 0) is 43.3 Å². The molecule has 0 spiro atoms. The van der Waals surface area contributed by atoms with Gasteiger partial charge in [0, 0.05) is 76.8 Å². The average molecular weight is 1250 g/mol. The van der Waals surface area contributed by atoms with E-state index in [0.29, 0.717) is 72.5 Å². The summed E-state index contributed by atoms with van der Waals surface area (Å²) in [5.74, 6) is 4.97. The summed E-state index contributed by atoms with van der Waals surface area (Å²) in [5.41, 5.74) is 8.40. The van der Waals surface area contributed by atoms with Crippen LogP contribution in [0.25, 0.3) is 70.3 Å². The molecule has 0 saturated carbocycles. The molecule has 0 bridgehead atoms. The van der Waals surface area contributed by atoms with Crippen LogP contribution in [0.1, 0.15) is 216 Å². The van der Waals surface area contributed by atoms with E-state index < -0.39 is 0 Å². The minimum atomic E-state index is -0.379. The number of fused-ring (bicyclic) bond motifs is 6. The highest BCUT2D eigenvalue weighted by Crippen LogP contribution is 2.58. The number of rotatable bonds is 8. The van der Waals surface area contributed by atoms with Crippen LogP contribution in [0.2, 0.25) is 0 Å². The molecule has 7 nitrogen and oxygen atoms in total. The van der Waals surface area contributed by atoms with E-state index in [2.05, 4.69) is 269 Å². The lowest BCUT2D eigenvalue weighted by atomic mass is 9.80. The Hall–Kier alpha value is -8.42. The maximum absolute atomic E-state index is 16.5. The van der Waals surface area contributed by atoms with Crippen molar-refractivity contribution in [1.82, 2.24) is 4.40 Å². The second-order valence-corrected chi connectivity index (χ2v) is 35.1. The van der Waals surface area contributed by atoms with Crippen molar-refractivity contribution in [3.63, 3.8) is 0 Å². The van der Waals surface area contributed by atoms with Gasteiger partial charge in [0.1, 0.15) is 46.0 Å². The van der Waals surface area contributed by atoms with E-state index in [4.69, 9.17) is 18.9 Å². The number of aromatic nitrogens is 1. The fourth-order valence-corrected chi connectivity index (χ4v) is 13.8. The SMILES string of the molecule is Cc1ccc2c(c1)c(=O)cc1c3cc(Oc4ccc(C(C)(C)C)cc4C(C)(C)C)c4c5c(Oc6ccc(C(C)(C)C)cc6C(C)(C)C)ccc6ccc(Oc7ccc(C(C)(C)C)cc7C(C)(C)C)c(c7c(Oc8ccc(C(C)(C)C)cc8C(C)(C)C)cc(c(=O)n21)c3c74)c65. The molecule has 0 amide bonds. The van der Waals surface area contributed by atoms with Crippen LogP contribution in [0.5, 0.6) is 46.0 Å². The van der Waals surface area contributed by atoms with Gasteiger partial charge in [-0.1, -0.05) is 238 Å². The molecule has 486 valence electrons. The molecular formula is C87H97NO6. The molecule has 0 aliphatic rings. The third-order valence-electron chi connectivity index (χ3n) is 19.3. The first kappa shape index (κ1) is 65.6. The van der Waals surface area contributed by atoms with E-state index in [9.17, 15) is 4.79 Å². The molecule has 12 aromatic rings. The number of benzene rings is 10. The van der Waals surface area contributed by atoms with Crippen molar-refractivity contribution in [2.75, 3.05) is 0 Å². The summed E-state index contributed by atoms with van der Waals surface area (Å²) in [5, 5.41) is 7.70. The van der Waals surface area contributed by atoms with Crippen LogP contribution in [0.15, 0.2) is 143 Å². The monoisotopic (exact) mass is 1250 g/mol. The van der Waals surface area contributed by atoms with Crippen molar-refractivity contribution in [1.29, 1.82) is 0 Å². The minimum absolute atomic E-state index is 0.129. The molecule has 0 fully saturated rings. The Morgan fingerprint density at radius 3 is 0.947 bits per heavy atom. The van der Waals surface area contributed by atoms with Crippen LogP contribution in [-0.4, -0.2) is 4.40 Å². The Kier molecular flexibility index (Phi) is 15.2. The lowest BCUT2D eigenvalue weighted by molar-refractivity contribution is 0.453. The molecule has 0 aliphatic heterocycles. The quantitative estimate of drug-likeness (QED) is 0.111. The molecular weight excluding hydrogens is 1150 g/mol. The lowest BCUT2D eigenvalue weighted by Gasteiger charge is -2.30. The zero-order chi connectivity index (χ0) is 68.4. The molecule has 0 N–H and O–H groups in total. The smallest absolute Gasteiger partial charge is 0.263 e. The number of pyridine rings is 2. The second kappa shape index (κ2) is 21.8. The maximum atomic E-state index is 16.5. The van der Waals surface area contributed by atoms with Crippen LogP contribution in [0, 0.1) is 6.92 Å². The van der Waals surface area contributed by atoms with Crippen molar-refractivity contribution in [3.05, 3.63) is 204 Å². The standard InChI is InChI=1S/C87H97NO6/c1-48-26-33-61-54(40-48)63(89)47-62-55-45-70(93-66-38-31-52(82(8,9)10)43-59(66)86(20,21)22)76-74-68(91-64-36-29-50(80(2,3)4)41-57(64)84(14,15)16)34-27-49-28-35-69(92-65-37-30-51(81(5,6)7)42-58(65)85(17,18)19)75(72(49)74)77-71(46-56(73(55)78(76)77)79(90)88(61)62)94-67-39-32-53(83(11,12)13)44-60(67)87(23,24)25/h26-47H,1-25H3. The third-order valence-corrected chi connectivity index (χ3v) is 19.3. The molecule has 12 rings (SSSR count). The van der Waals surface area contributed by atoms with E-state index >= 15 is 4.79 Å². The number of hydrogen-bond donors (Lipinski definition) is 0. The molecule has 0 saturated heterocycles. The summed E-state index contributed by atoms with van der Waals surface area (Å²) in [6.45, 7) is 55.7. The fraction of sp³-hybridized carbons (Fsp3) is 0.379. The number of ether oxygens (including phenoxy) is 4. The summed E-state index contributed by atoms with van der Waals surface area (Å²) >= 11 is 0. The molecule has 0 radical (unpaired) electrons. The van der Waals surface area contributed by atoms with Crippen molar-refractivity contribution < 1.29 is 18.9 Å². The summed E-state index contributed by atoms with van der Waals surface area (Å²) in [6, 6.07) is 46.3. The Labute approximate surface area is 557 Å². The summed E-state index contributed by atoms with van der Waals surface area (Å²) in [7, 11) is 0. The molecule has 10 aromatic carbocycles. The van der Waals surface area contributed by atoms with Crippen molar-refractivity contribution >= 4 is 70.3 Å². The first-order valence-corrected chi connectivity index (χ1v) is 33.7. The van der Waals surface area contributed by atoms with Crippen LogP contribution >= 0.6 is 0 Å². The molecule has 7 heteroatoms. The summed E-state index contributed by atoms with van der Waals surface area (Å²) in [6.07, 6.45) is 0.